The lowest BCUT2D eigenvalue weighted by Gasteiger charge is -2.17. The van der Waals surface area contributed by atoms with E-state index in [0.29, 0.717) is 18.6 Å². The number of fused-ring (bicyclic) bond motifs is 1. The summed E-state index contributed by atoms with van der Waals surface area (Å²) in [7, 11) is -2.04. The van der Waals surface area contributed by atoms with E-state index in [1.54, 1.807) is 25.3 Å². The highest BCUT2D eigenvalue weighted by Gasteiger charge is 2.31. The van der Waals surface area contributed by atoms with E-state index in [4.69, 9.17) is 4.74 Å². The monoisotopic (exact) mass is 367 g/mol. The van der Waals surface area contributed by atoms with Crippen LogP contribution in [0.15, 0.2) is 34.2 Å². The summed E-state index contributed by atoms with van der Waals surface area (Å²) in [6.07, 6.45) is 2.29. The number of ether oxygens (including phenoxy) is 1. The van der Waals surface area contributed by atoms with Crippen LogP contribution < -0.4 is 10.0 Å². The molecule has 0 aliphatic carbocycles. The average Bonchev–Trinajstić information content (AvgIpc) is 2.82. The van der Waals surface area contributed by atoms with Crippen molar-refractivity contribution in [3.63, 3.8) is 0 Å². The van der Waals surface area contributed by atoms with Gasteiger partial charge in [0, 0.05) is 18.7 Å². The van der Waals surface area contributed by atoms with E-state index in [9.17, 15) is 13.2 Å². The fraction of sp³-hybridized carbons (Fsp3) is 0.529. The van der Waals surface area contributed by atoms with Crippen LogP contribution in [0.5, 0.6) is 0 Å². The first-order valence-corrected chi connectivity index (χ1v) is 9.86. The fourth-order valence-corrected chi connectivity index (χ4v) is 3.91. The third kappa shape index (κ3) is 4.79. The second-order valence-corrected chi connectivity index (χ2v) is 7.75. The molecular formula is C17H25N3O4S. The van der Waals surface area contributed by atoms with Crippen molar-refractivity contribution in [2.24, 2.45) is 4.99 Å². The molecule has 0 saturated heterocycles. The molecule has 1 aromatic carbocycles. The highest BCUT2D eigenvalue weighted by molar-refractivity contribution is 7.90. The first-order chi connectivity index (χ1) is 11.9. The second-order valence-electron chi connectivity index (χ2n) is 6.10. The zero-order valence-electron chi connectivity index (χ0n) is 14.8. The van der Waals surface area contributed by atoms with Crippen LogP contribution >= 0.6 is 0 Å². The lowest BCUT2D eigenvalue weighted by Crippen LogP contribution is -2.42. The van der Waals surface area contributed by atoms with Crippen molar-refractivity contribution >= 4 is 21.8 Å². The van der Waals surface area contributed by atoms with Gasteiger partial charge in [-0.1, -0.05) is 31.9 Å². The van der Waals surface area contributed by atoms with E-state index in [-0.39, 0.29) is 22.7 Å². The molecular weight excluding hydrogens is 342 g/mol. The summed E-state index contributed by atoms with van der Waals surface area (Å²) in [4.78, 5) is 17.2. The number of sulfonamides is 1. The normalized spacial score (nSPS) is 19.1. The Hall–Kier alpha value is -1.93. The minimum atomic E-state index is -3.61. The van der Waals surface area contributed by atoms with Crippen LogP contribution in [0.1, 0.15) is 38.7 Å². The van der Waals surface area contributed by atoms with Crippen molar-refractivity contribution in [1.29, 1.82) is 0 Å². The number of nitrogens with zero attached hydrogens (tertiary/aromatic N) is 1. The number of carbonyl (C=O) groups is 1. The molecule has 8 heteroatoms. The number of nitrogens with one attached hydrogen (secondary N) is 2. The molecule has 1 aliphatic heterocycles. The van der Waals surface area contributed by atoms with E-state index in [2.05, 4.69) is 15.0 Å². The molecule has 0 unspecified atom stereocenters. The lowest BCUT2D eigenvalue weighted by atomic mass is 10.1. The molecule has 1 amide bonds. The molecule has 0 spiro atoms. The molecule has 0 saturated carbocycles. The predicted octanol–water partition coefficient (Wildman–Crippen LogP) is 1.44. The number of unbranched alkanes of at least 4 members (excludes halogenated alkanes) is 1. The average molecular weight is 367 g/mol. The number of rotatable bonds is 8. The summed E-state index contributed by atoms with van der Waals surface area (Å²) in [6, 6.07) is 5.83. The quantitative estimate of drug-likeness (QED) is 0.726. The molecule has 0 fully saturated rings. The topological polar surface area (TPSA) is 96.9 Å². The van der Waals surface area contributed by atoms with Crippen LogP contribution in [0.2, 0.25) is 0 Å². The molecule has 0 bridgehead atoms. The van der Waals surface area contributed by atoms with E-state index in [0.717, 1.165) is 12.8 Å². The van der Waals surface area contributed by atoms with Crippen LogP contribution in [0.25, 0.3) is 0 Å². The van der Waals surface area contributed by atoms with Crippen molar-refractivity contribution in [3.05, 3.63) is 29.8 Å². The molecule has 2 N–H and O–H groups in total. The Morgan fingerprint density at radius 1 is 1.36 bits per heavy atom. The Morgan fingerprint density at radius 3 is 2.76 bits per heavy atom. The van der Waals surface area contributed by atoms with Gasteiger partial charge in [-0.05, 0) is 25.5 Å². The Kier molecular flexibility index (Phi) is 6.55. The number of amides is 1. The highest BCUT2D eigenvalue weighted by atomic mass is 32.2. The molecule has 1 heterocycles. The van der Waals surface area contributed by atoms with Gasteiger partial charge >= 0.3 is 0 Å². The first kappa shape index (κ1) is 19.4. The van der Waals surface area contributed by atoms with Crippen LogP contribution in [0.3, 0.4) is 0 Å². The van der Waals surface area contributed by atoms with Crippen molar-refractivity contribution in [3.8, 4) is 0 Å². The smallest absolute Gasteiger partial charge is 0.263 e. The summed E-state index contributed by atoms with van der Waals surface area (Å²) >= 11 is 0. The molecule has 0 aromatic heterocycles. The summed E-state index contributed by atoms with van der Waals surface area (Å²) in [5, 5.41) is 2.86. The van der Waals surface area contributed by atoms with E-state index in [1.165, 1.54) is 6.07 Å². The van der Waals surface area contributed by atoms with Gasteiger partial charge in [0.05, 0.1) is 11.5 Å². The molecule has 25 heavy (non-hydrogen) atoms. The Balaban J connectivity index is 2.27. The zero-order valence-corrected chi connectivity index (χ0v) is 15.6. The fourth-order valence-electron chi connectivity index (χ4n) is 2.67. The molecule has 1 aromatic rings. The van der Waals surface area contributed by atoms with Crippen LogP contribution in [-0.4, -0.2) is 46.0 Å². The number of amidine groups is 1. The maximum Gasteiger partial charge on any atom is 0.263 e. The van der Waals surface area contributed by atoms with Crippen LogP contribution in [-0.2, 0) is 19.6 Å². The van der Waals surface area contributed by atoms with E-state index < -0.39 is 16.1 Å². The van der Waals surface area contributed by atoms with Crippen LogP contribution in [0, 0.1) is 0 Å². The number of methoxy groups -OCH3 is 1. The van der Waals surface area contributed by atoms with Crippen molar-refractivity contribution < 1.29 is 17.9 Å². The van der Waals surface area contributed by atoms with E-state index in [1.807, 2.05) is 13.8 Å². The Bertz CT molecular complexity index is 746. The third-order valence-electron chi connectivity index (χ3n) is 3.89. The summed E-state index contributed by atoms with van der Waals surface area (Å²) in [6.45, 7) is 4.28. The van der Waals surface area contributed by atoms with Gasteiger partial charge in [0.1, 0.15) is 11.9 Å². The number of hydrogen-bond acceptors (Lipinski definition) is 5. The number of carbonyl (C=O) groups excluding carboxylic acids is 1. The maximum absolute atomic E-state index is 12.5. The number of aliphatic imine (C=N–C) groups is 1. The first-order valence-electron chi connectivity index (χ1n) is 8.38. The van der Waals surface area contributed by atoms with Gasteiger partial charge in [-0.2, -0.15) is 0 Å². The maximum atomic E-state index is 12.5. The molecule has 7 nitrogen and oxygen atoms in total. The predicted molar refractivity (Wildman–Crippen MR) is 96.1 cm³/mol. The number of benzene rings is 1. The number of hydrogen-bond donors (Lipinski definition) is 2. The SMILES string of the molecule is CCCC[C@H](N=C1NS(=O)(=O)c2ccccc21)C(=O)N[C@H](C)COC. The molecule has 2 rings (SSSR count). The van der Waals surface area contributed by atoms with Gasteiger partial charge in [0.25, 0.3) is 10.0 Å². The summed E-state index contributed by atoms with van der Waals surface area (Å²) in [5.74, 6) is 0.000303. The third-order valence-corrected chi connectivity index (χ3v) is 5.28. The molecule has 0 radical (unpaired) electrons. The van der Waals surface area contributed by atoms with E-state index >= 15 is 0 Å². The Labute approximate surface area is 148 Å². The molecule has 1 aliphatic rings. The summed E-state index contributed by atoms with van der Waals surface area (Å²) < 4.78 is 31.8. The largest absolute Gasteiger partial charge is 0.383 e. The molecule has 138 valence electrons. The second kappa shape index (κ2) is 8.44. The Morgan fingerprint density at radius 2 is 2.08 bits per heavy atom. The van der Waals surface area contributed by atoms with Gasteiger partial charge in [0.15, 0.2) is 0 Å². The van der Waals surface area contributed by atoms with Crippen LogP contribution in [0.4, 0.5) is 0 Å². The zero-order chi connectivity index (χ0) is 18.4. The van der Waals surface area contributed by atoms with Crippen molar-refractivity contribution in [1.82, 2.24) is 10.0 Å². The molecule has 2 atom stereocenters. The standard InChI is InChI=1S/C17H25N3O4S/c1-4-5-9-14(17(21)18-12(2)11-24-3)19-16-13-8-6-7-10-15(13)25(22,23)20-16/h6-8,10,12,14H,4-5,9,11H2,1-3H3,(H,18,21)(H,19,20)/t12-,14+/m1/s1. The van der Waals surface area contributed by atoms with Gasteiger partial charge in [-0.15, -0.1) is 0 Å². The van der Waals surface area contributed by atoms with Gasteiger partial charge in [-0.25, -0.2) is 8.42 Å². The van der Waals surface area contributed by atoms with Crippen molar-refractivity contribution in [2.75, 3.05) is 13.7 Å². The van der Waals surface area contributed by atoms with Gasteiger partial charge in [-0.3, -0.25) is 14.5 Å². The van der Waals surface area contributed by atoms with Gasteiger partial charge in [0.2, 0.25) is 5.91 Å². The highest BCUT2D eigenvalue weighted by Crippen LogP contribution is 2.23. The minimum absolute atomic E-state index is 0.144. The summed E-state index contributed by atoms with van der Waals surface area (Å²) in [5.41, 5.74) is 0.502. The minimum Gasteiger partial charge on any atom is -0.383 e. The van der Waals surface area contributed by atoms with Gasteiger partial charge < -0.3 is 10.1 Å². The van der Waals surface area contributed by atoms with Crippen molar-refractivity contribution in [2.45, 2.75) is 50.1 Å². The lowest BCUT2D eigenvalue weighted by molar-refractivity contribution is -0.123.